The fourth-order valence-electron chi connectivity index (χ4n) is 2.57. The molecule has 0 aliphatic heterocycles. The van der Waals surface area contributed by atoms with Crippen molar-refractivity contribution >= 4 is 11.6 Å². The second kappa shape index (κ2) is 7.74. The van der Waals surface area contributed by atoms with Crippen molar-refractivity contribution in [2.24, 2.45) is 7.05 Å². The molecule has 0 radical (unpaired) electrons. The van der Waals surface area contributed by atoms with E-state index in [-0.39, 0.29) is 11.5 Å². The molecule has 0 saturated heterocycles. The first-order valence-corrected chi connectivity index (χ1v) is 8.20. The zero-order valence-corrected chi connectivity index (χ0v) is 15.2. The summed E-state index contributed by atoms with van der Waals surface area (Å²) in [6.07, 6.45) is 0. The van der Waals surface area contributed by atoms with Gasteiger partial charge in [-0.15, -0.1) is 0 Å². The van der Waals surface area contributed by atoms with Crippen molar-refractivity contribution < 1.29 is 14.3 Å². The highest BCUT2D eigenvalue weighted by atomic mass is 16.5. The summed E-state index contributed by atoms with van der Waals surface area (Å²) in [5.74, 6) is 0.748. The number of carbonyl (C=O) groups excluding carboxylic acids is 1. The lowest BCUT2D eigenvalue weighted by molar-refractivity contribution is 0.102. The first-order chi connectivity index (χ1) is 13.0. The van der Waals surface area contributed by atoms with E-state index < -0.39 is 0 Å². The van der Waals surface area contributed by atoms with Gasteiger partial charge in [-0.25, -0.2) is 4.68 Å². The van der Waals surface area contributed by atoms with Gasteiger partial charge in [0.25, 0.3) is 11.5 Å². The standard InChI is InChI=1S/C20H19N3O4/c1-23-19(24)11-10-17(22-23)13-4-6-14(7-5-13)21-20(25)16-9-8-15(26-2)12-18(16)27-3/h4-12H,1-3H3,(H,21,25). The lowest BCUT2D eigenvalue weighted by Crippen LogP contribution is -2.18. The van der Waals surface area contributed by atoms with Crippen LogP contribution in [0.3, 0.4) is 0 Å². The van der Waals surface area contributed by atoms with Crippen molar-refractivity contribution in [3.63, 3.8) is 0 Å². The molecule has 7 heteroatoms. The zero-order chi connectivity index (χ0) is 19.4. The third-order valence-corrected chi connectivity index (χ3v) is 4.05. The van der Waals surface area contributed by atoms with E-state index in [9.17, 15) is 9.59 Å². The van der Waals surface area contributed by atoms with Crippen LogP contribution in [0.4, 0.5) is 5.69 Å². The molecule has 0 saturated carbocycles. The van der Waals surface area contributed by atoms with E-state index >= 15 is 0 Å². The summed E-state index contributed by atoms with van der Waals surface area (Å²) in [7, 11) is 4.65. The normalized spacial score (nSPS) is 10.3. The smallest absolute Gasteiger partial charge is 0.266 e. The van der Waals surface area contributed by atoms with Gasteiger partial charge in [0, 0.05) is 30.4 Å². The van der Waals surface area contributed by atoms with Crippen LogP contribution >= 0.6 is 0 Å². The van der Waals surface area contributed by atoms with Crippen LogP contribution in [-0.2, 0) is 7.05 Å². The Morgan fingerprint density at radius 1 is 1.00 bits per heavy atom. The van der Waals surface area contributed by atoms with Crippen molar-refractivity contribution in [3.8, 4) is 22.8 Å². The Morgan fingerprint density at radius 3 is 2.37 bits per heavy atom. The van der Waals surface area contributed by atoms with Crippen molar-refractivity contribution in [1.82, 2.24) is 9.78 Å². The molecule has 0 fully saturated rings. The van der Waals surface area contributed by atoms with Gasteiger partial charge in [0.1, 0.15) is 11.5 Å². The van der Waals surface area contributed by atoms with Crippen LogP contribution in [-0.4, -0.2) is 29.9 Å². The molecule has 138 valence electrons. The first-order valence-electron chi connectivity index (χ1n) is 8.20. The predicted octanol–water partition coefficient (Wildman–Crippen LogP) is 2.72. The average Bonchev–Trinajstić information content (AvgIpc) is 2.70. The summed E-state index contributed by atoms with van der Waals surface area (Å²) in [5.41, 5.74) is 2.38. The number of rotatable bonds is 5. The van der Waals surface area contributed by atoms with Crippen LogP contribution in [0.15, 0.2) is 59.4 Å². The van der Waals surface area contributed by atoms with E-state index in [0.717, 1.165) is 5.56 Å². The molecule has 3 aromatic rings. The molecule has 2 aromatic carbocycles. The number of amides is 1. The fourth-order valence-corrected chi connectivity index (χ4v) is 2.57. The third kappa shape index (κ3) is 3.98. The van der Waals surface area contributed by atoms with Gasteiger partial charge in [-0.3, -0.25) is 9.59 Å². The van der Waals surface area contributed by atoms with E-state index in [2.05, 4.69) is 10.4 Å². The Hall–Kier alpha value is -3.61. The monoisotopic (exact) mass is 365 g/mol. The maximum absolute atomic E-state index is 12.5. The Labute approximate surface area is 156 Å². The molecule has 0 aliphatic rings. The SMILES string of the molecule is COc1ccc(C(=O)Nc2ccc(-c3ccc(=O)n(C)n3)cc2)c(OC)c1. The number of methoxy groups -OCH3 is 2. The number of hydrogen-bond donors (Lipinski definition) is 1. The van der Waals surface area contributed by atoms with Crippen LogP contribution in [0.5, 0.6) is 11.5 Å². The fraction of sp³-hybridized carbons (Fsp3) is 0.150. The molecule has 1 aromatic heterocycles. The van der Waals surface area contributed by atoms with Gasteiger partial charge in [-0.2, -0.15) is 5.10 Å². The van der Waals surface area contributed by atoms with E-state index in [4.69, 9.17) is 9.47 Å². The summed E-state index contributed by atoms with van der Waals surface area (Å²) in [6, 6.07) is 15.3. The lowest BCUT2D eigenvalue weighted by Gasteiger charge is -2.11. The summed E-state index contributed by atoms with van der Waals surface area (Å²) in [5, 5.41) is 7.04. The number of carbonyl (C=O) groups is 1. The number of nitrogens with one attached hydrogen (secondary N) is 1. The zero-order valence-electron chi connectivity index (χ0n) is 15.2. The van der Waals surface area contributed by atoms with Gasteiger partial charge in [0.2, 0.25) is 0 Å². The number of hydrogen-bond acceptors (Lipinski definition) is 5. The minimum atomic E-state index is -0.289. The molecule has 1 amide bonds. The molecule has 1 N–H and O–H groups in total. The van der Waals surface area contributed by atoms with E-state index in [0.29, 0.717) is 28.4 Å². The molecule has 27 heavy (non-hydrogen) atoms. The number of anilines is 1. The van der Waals surface area contributed by atoms with Crippen molar-refractivity contribution in [1.29, 1.82) is 0 Å². The molecule has 3 rings (SSSR count). The minimum Gasteiger partial charge on any atom is -0.497 e. The van der Waals surface area contributed by atoms with Crippen LogP contribution in [0.1, 0.15) is 10.4 Å². The summed E-state index contributed by atoms with van der Waals surface area (Å²) in [6.45, 7) is 0. The Balaban J connectivity index is 1.79. The van der Waals surface area contributed by atoms with Crippen molar-refractivity contribution in [3.05, 3.63) is 70.5 Å². The number of aryl methyl sites for hydroxylation is 1. The molecular weight excluding hydrogens is 346 g/mol. The molecule has 0 atom stereocenters. The quantitative estimate of drug-likeness (QED) is 0.752. The van der Waals surface area contributed by atoms with Crippen LogP contribution < -0.4 is 20.3 Å². The number of nitrogens with zero attached hydrogens (tertiary/aromatic N) is 2. The Bertz CT molecular complexity index is 1030. The predicted molar refractivity (Wildman–Crippen MR) is 102 cm³/mol. The Kier molecular flexibility index (Phi) is 5.21. The number of aromatic nitrogens is 2. The molecule has 0 bridgehead atoms. The van der Waals surface area contributed by atoms with Gasteiger partial charge >= 0.3 is 0 Å². The van der Waals surface area contributed by atoms with E-state index in [1.807, 2.05) is 12.1 Å². The van der Waals surface area contributed by atoms with Crippen LogP contribution in [0.2, 0.25) is 0 Å². The van der Waals surface area contributed by atoms with Crippen LogP contribution in [0, 0.1) is 0 Å². The van der Waals surface area contributed by atoms with Gasteiger partial charge in [-0.05, 0) is 30.3 Å². The van der Waals surface area contributed by atoms with Crippen molar-refractivity contribution in [2.75, 3.05) is 19.5 Å². The van der Waals surface area contributed by atoms with Gasteiger partial charge in [0.15, 0.2) is 0 Å². The van der Waals surface area contributed by atoms with Gasteiger partial charge < -0.3 is 14.8 Å². The van der Waals surface area contributed by atoms with E-state index in [1.54, 1.807) is 50.6 Å². The molecule has 0 spiro atoms. The summed E-state index contributed by atoms with van der Waals surface area (Å²) in [4.78, 5) is 24.0. The second-order valence-corrected chi connectivity index (χ2v) is 5.78. The lowest BCUT2D eigenvalue weighted by atomic mass is 10.1. The molecule has 0 unspecified atom stereocenters. The van der Waals surface area contributed by atoms with Crippen LogP contribution in [0.25, 0.3) is 11.3 Å². The maximum Gasteiger partial charge on any atom is 0.266 e. The molecular formula is C20H19N3O4. The van der Waals surface area contributed by atoms with Crippen molar-refractivity contribution in [2.45, 2.75) is 0 Å². The highest BCUT2D eigenvalue weighted by Crippen LogP contribution is 2.26. The van der Waals surface area contributed by atoms with E-state index in [1.165, 1.54) is 17.9 Å². The second-order valence-electron chi connectivity index (χ2n) is 5.78. The topological polar surface area (TPSA) is 82.5 Å². The Morgan fingerprint density at radius 2 is 1.74 bits per heavy atom. The largest absolute Gasteiger partial charge is 0.497 e. The van der Waals surface area contributed by atoms with Gasteiger partial charge in [-0.1, -0.05) is 12.1 Å². The first kappa shape index (κ1) is 18.2. The summed E-state index contributed by atoms with van der Waals surface area (Å²) >= 11 is 0. The number of ether oxygens (including phenoxy) is 2. The number of benzene rings is 2. The molecule has 7 nitrogen and oxygen atoms in total. The maximum atomic E-state index is 12.5. The highest BCUT2D eigenvalue weighted by molar-refractivity contribution is 6.06. The average molecular weight is 365 g/mol. The summed E-state index contributed by atoms with van der Waals surface area (Å²) < 4.78 is 11.7. The molecule has 1 heterocycles. The highest BCUT2D eigenvalue weighted by Gasteiger charge is 2.13. The third-order valence-electron chi connectivity index (χ3n) is 4.05. The van der Waals surface area contributed by atoms with Gasteiger partial charge in [0.05, 0.1) is 25.5 Å². The minimum absolute atomic E-state index is 0.170. The molecule has 0 aliphatic carbocycles.